The Hall–Kier alpha value is -3.78. The van der Waals surface area contributed by atoms with E-state index in [9.17, 15) is 14.7 Å². The number of nitrogens with one attached hydrogen (secondary N) is 2. The quantitative estimate of drug-likeness (QED) is 0.184. The van der Waals surface area contributed by atoms with Crippen LogP contribution in [-0.4, -0.2) is 47.6 Å². The fourth-order valence-corrected chi connectivity index (χ4v) is 6.12. The monoisotopic (exact) mass is 583 g/mol. The SMILES string of the molecule is Cc1cc(C(=O)NC(C)c2sccc2C)cc(C(=O)N[C@@H](Cc2ccccc2)[C@H](O)CN(C)[C@@H](C)c2ccccc2)c1. The predicted octanol–water partition coefficient (Wildman–Crippen LogP) is 6.25. The molecule has 0 radical (unpaired) electrons. The number of nitrogens with zero attached hydrogens (tertiary/aromatic N) is 1. The van der Waals surface area contributed by atoms with E-state index in [4.69, 9.17) is 0 Å². The summed E-state index contributed by atoms with van der Waals surface area (Å²) in [7, 11) is 1.98. The lowest BCUT2D eigenvalue weighted by Crippen LogP contribution is -2.49. The first kappa shape index (κ1) is 31.2. The molecule has 7 heteroatoms. The molecule has 1 heterocycles. The maximum atomic E-state index is 13.6. The van der Waals surface area contributed by atoms with Crippen LogP contribution in [0.15, 0.2) is 90.3 Å². The zero-order valence-corrected chi connectivity index (χ0v) is 25.8. The molecule has 0 saturated heterocycles. The molecule has 0 aliphatic carbocycles. The molecule has 0 saturated carbocycles. The van der Waals surface area contributed by atoms with Crippen LogP contribution in [0.4, 0.5) is 0 Å². The Balaban J connectivity index is 1.50. The highest BCUT2D eigenvalue weighted by atomic mass is 32.1. The third-order valence-corrected chi connectivity index (χ3v) is 8.94. The molecule has 0 fully saturated rings. The maximum Gasteiger partial charge on any atom is 0.251 e. The van der Waals surface area contributed by atoms with Crippen molar-refractivity contribution in [2.45, 2.75) is 58.3 Å². The number of likely N-dealkylation sites (N-methyl/N-ethyl adjacent to an activating group) is 1. The van der Waals surface area contributed by atoms with Crippen molar-refractivity contribution in [3.63, 3.8) is 0 Å². The highest BCUT2D eigenvalue weighted by Gasteiger charge is 2.26. The number of carbonyl (C=O) groups is 2. The molecule has 4 aromatic rings. The van der Waals surface area contributed by atoms with E-state index in [1.165, 1.54) is 0 Å². The largest absolute Gasteiger partial charge is 0.390 e. The normalized spacial score (nSPS) is 14.2. The topological polar surface area (TPSA) is 81.7 Å². The van der Waals surface area contributed by atoms with Gasteiger partial charge in [-0.2, -0.15) is 0 Å². The van der Waals surface area contributed by atoms with E-state index in [1.807, 2.05) is 87.8 Å². The standard InChI is InChI=1S/C35H41N3O3S/c1-23-18-29(34(40)36-25(3)33-24(2)16-17-42-33)21-30(19-23)35(41)37-31(20-27-12-8-6-9-13-27)32(39)22-38(5)26(4)28-14-10-7-11-15-28/h6-19,21,25-26,31-32,39H,20,22H2,1-5H3,(H,36,40)(H,37,41)/t25?,26-,31-,32+/m0/s1. The van der Waals surface area contributed by atoms with Gasteiger partial charge in [0.05, 0.1) is 18.2 Å². The Bertz CT molecular complexity index is 1470. The minimum Gasteiger partial charge on any atom is -0.390 e. The van der Waals surface area contributed by atoms with Crippen LogP contribution in [0.3, 0.4) is 0 Å². The fraction of sp³-hybridized carbons (Fsp3) is 0.314. The molecule has 3 N–H and O–H groups in total. The van der Waals surface area contributed by atoms with E-state index in [-0.39, 0.29) is 23.9 Å². The number of hydrogen-bond acceptors (Lipinski definition) is 5. The number of aryl methyl sites for hydroxylation is 2. The van der Waals surface area contributed by atoms with Crippen molar-refractivity contribution in [3.05, 3.63) is 129 Å². The van der Waals surface area contributed by atoms with Crippen molar-refractivity contribution in [1.82, 2.24) is 15.5 Å². The molecule has 42 heavy (non-hydrogen) atoms. The van der Waals surface area contributed by atoms with Crippen LogP contribution >= 0.6 is 11.3 Å². The van der Waals surface area contributed by atoms with Gasteiger partial charge in [0, 0.05) is 28.6 Å². The van der Waals surface area contributed by atoms with E-state index >= 15 is 0 Å². The zero-order chi connectivity index (χ0) is 30.2. The number of benzene rings is 3. The lowest BCUT2D eigenvalue weighted by molar-refractivity contribution is 0.0656. The summed E-state index contributed by atoms with van der Waals surface area (Å²) in [6.45, 7) is 8.34. The minimum absolute atomic E-state index is 0.0899. The second kappa shape index (κ2) is 14.4. The summed E-state index contributed by atoms with van der Waals surface area (Å²) in [6, 6.07) is 26.6. The molecule has 6 nitrogen and oxygen atoms in total. The van der Waals surface area contributed by atoms with Crippen LogP contribution < -0.4 is 10.6 Å². The lowest BCUT2D eigenvalue weighted by atomic mass is 9.98. The van der Waals surface area contributed by atoms with E-state index in [0.29, 0.717) is 24.1 Å². The molecule has 4 atom stereocenters. The van der Waals surface area contributed by atoms with Crippen molar-refractivity contribution in [2.75, 3.05) is 13.6 Å². The first-order valence-electron chi connectivity index (χ1n) is 14.4. The van der Waals surface area contributed by atoms with Gasteiger partial charge in [-0.15, -0.1) is 11.3 Å². The summed E-state index contributed by atoms with van der Waals surface area (Å²) in [5, 5.41) is 19.6. The minimum atomic E-state index is -0.826. The predicted molar refractivity (Wildman–Crippen MR) is 171 cm³/mol. The van der Waals surface area contributed by atoms with Crippen LogP contribution in [0.5, 0.6) is 0 Å². The average Bonchev–Trinajstić information content (AvgIpc) is 3.42. The number of amides is 2. The Labute approximate surface area is 253 Å². The Morgan fingerprint density at radius 1 is 0.857 bits per heavy atom. The summed E-state index contributed by atoms with van der Waals surface area (Å²) >= 11 is 1.61. The van der Waals surface area contributed by atoms with E-state index in [0.717, 1.165) is 27.1 Å². The number of carbonyl (C=O) groups excluding carboxylic acids is 2. The zero-order valence-electron chi connectivity index (χ0n) is 25.0. The van der Waals surface area contributed by atoms with Crippen LogP contribution in [0, 0.1) is 13.8 Å². The number of aliphatic hydroxyl groups excluding tert-OH is 1. The van der Waals surface area contributed by atoms with Crippen molar-refractivity contribution >= 4 is 23.2 Å². The van der Waals surface area contributed by atoms with Gasteiger partial charge >= 0.3 is 0 Å². The van der Waals surface area contributed by atoms with Gasteiger partial charge in [-0.3, -0.25) is 14.5 Å². The van der Waals surface area contributed by atoms with Gasteiger partial charge in [0.25, 0.3) is 11.8 Å². The summed E-state index contributed by atoms with van der Waals surface area (Å²) in [5.41, 5.74) is 4.94. The first-order chi connectivity index (χ1) is 20.1. The van der Waals surface area contributed by atoms with Crippen molar-refractivity contribution in [3.8, 4) is 0 Å². The summed E-state index contributed by atoms with van der Waals surface area (Å²) in [4.78, 5) is 30.0. The molecule has 0 spiro atoms. The Morgan fingerprint density at radius 3 is 2.05 bits per heavy atom. The van der Waals surface area contributed by atoms with Gasteiger partial charge in [0.2, 0.25) is 0 Å². The molecule has 4 rings (SSSR count). The van der Waals surface area contributed by atoms with Crippen molar-refractivity contribution in [2.24, 2.45) is 0 Å². The van der Waals surface area contributed by atoms with E-state index < -0.39 is 12.1 Å². The van der Waals surface area contributed by atoms with Crippen molar-refractivity contribution < 1.29 is 14.7 Å². The van der Waals surface area contributed by atoms with Crippen LogP contribution in [0.1, 0.15) is 73.8 Å². The van der Waals surface area contributed by atoms with Crippen LogP contribution in [-0.2, 0) is 6.42 Å². The second-order valence-electron chi connectivity index (χ2n) is 11.1. The summed E-state index contributed by atoms with van der Waals surface area (Å²) in [5.74, 6) is -0.556. The molecule has 2 amide bonds. The molecular weight excluding hydrogens is 542 g/mol. The molecule has 1 unspecified atom stereocenters. The Kier molecular flexibility index (Phi) is 10.7. The van der Waals surface area contributed by atoms with Gasteiger partial charge < -0.3 is 15.7 Å². The third kappa shape index (κ3) is 8.16. The van der Waals surface area contributed by atoms with Gasteiger partial charge in [-0.25, -0.2) is 0 Å². The molecule has 0 aliphatic heterocycles. The van der Waals surface area contributed by atoms with Gasteiger partial charge in [-0.05, 0) is 93.1 Å². The summed E-state index contributed by atoms with van der Waals surface area (Å²) in [6.07, 6.45) is -0.356. The number of hydrogen-bond donors (Lipinski definition) is 3. The summed E-state index contributed by atoms with van der Waals surface area (Å²) < 4.78 is 0. The smallest absolute Gasteiger partial charge is 0.251 e. The second-order valence-corrected chi connectivity index (χ2v) is 12.1. The lowest BCUT2D eigenvalue weighted by Gasteiger charge is -2.31. The Morgan fingerprint density at radius 2 is 1.45 bits per heavy atom. The molecule has 3 aromatic carbocycles. The van der Waals surface area contributed by atoms with Crippen LogP contribution in [0.2, 0.25) is 0 Å². The molecule has 1 aromatic heterocycles. The molecular formula is C35H41N3O3S. The number of aliphatic hydroxyl groups is 1. The van der Waals surface area contributed by atoms with Gasteiger partial charge in [0.15, 0.2) is 0 Å². The van der Waals surface area contributed by atoms with Gasteiger partial charge in [0.1, 0.15) is 0 Å². The number of thiophene rings is 1. The van der Waals surface area contributed by atoms with Gasteiger partial charge in [-0.1, -0.05) is 60.7 Å². The highest BCUT2D eigenvalue weighted by molar-refractivity contribution is 7.10. The molecule has 0 aliphatic rings. The molecule has 0 bridgehead atoms. The van der Waals surface area contributed by atoms with E-state index in [1.54, 1.807) is 29.5 Å². The maximum absolute atomic E-state index is 13.6. The first-order valence-corrected chi connectivity index (χ1v) is 15.2. The highest BCUT2D eigenvalue weighted by Crippen LogP contribution is 2.24. The average molecular weight is 584 g/mol. The fourth-order valence-electron chi connectivity index (χ4n) is 5.19. The third-order valence-electron chi connectivity index (χ3n) is 7.74. The van der Waals surface area contributed by atoms with Crippen LogP contribution in [0.25, 0.3) is 0 Å². The number of rotatable bonds is 12. The molecule has 220 valence electrons. The van der Waals surface area contributed by atoms with E-state index in [2.05, 4.69) is 34.6 Å². The van der Waals surface area contributed by atoms with Crippen molar-refractivity contribution in [1.29, 1.82) is 0 Å².